The summed E-state index contributed by atoms with van der Waals surface area (Å²) >= 11 is 0. The number of nitrogens with one attached hydrogen (secondary N) is 2. The van der Waals surface area contributed by atoms with Crippen LogP contribution in [0, 0.1) is 0 Å². The Bertz CT molecular complexity index is 370. The zero-order valence-electron chi connectivity index (χ0n) is 10.3. The predicted molar refractivity (Wildman–Crippen MR) is 62.7 cm³/mol. The number of amides is 1. The lowest BCUT2D eigenvalue weighted by atomic mass is 10.2. The Balaban J connectivity index is 2.71. The summed E-state index contributed by atoms with van der Waals surface area (Å²) < 4.78 is 31.5. The van der Waals surface area contributed by atoms with Crippen molar-refractivity contribution in [2.75, 3.05) is 19.7 Å². The Hall–Kier alpha value is -0.860. The van der Waals surface area contributed by atoms with Crippen molar-refractivity contribution >= 4 is 16.3 Å². The summed E-state index contributed by atoms with van der Waals surface area (Å²) in [6, 6.07) is -0.136. The molecule has 7 nitrogen and oxygen atoms in total. The fraction of sp³-hybridized carbons (Fsp3) is 0.889. The number of hydrogen-bond donors (Lipinski definition) is 2. The molecule has 0 bridgehead atoms. The van der Waals surface area contributed by atoms with Gasteiger partial charge in [-0.25, -0.2) is 9.52 Å². The summed E-state index contributed by atoms with van der Waals surface area (Å²) in [5, 5.41) is 3.16. The summed E-state index contributed by atoms with van der Waals surface area (Å²) in [4.78, 5) is 11.1. The zero-order valence-corrected chi connectivity index (χ0v) is 11.1. The molecule has 0 aromatic heterocycles. The van der Waals surface area contributed by atoms with Crippen LogP contribution < -0.4 is 10.0 Å². The molecule has 2 N–H and O–H groups in total. The van der Waals surface area contributed by atoms with Crippen molar-refractivity contribution in [2.24, 2.45) is 0 Å². The summed E-state index contributed by atoms with van der Waals surface area (Å²) in [5.41, 5.74) is 0. The molecule has 1 heterocycles. The molecule has 0 radical (unpaired) electrons. The molecule has 1 rings (SSSR count). The van der Waals surface area contributed by atoms with Crippen molar-refractivity contribution in [2.45, 2.75) is 32.9 Å². The third-order valence-corrected chi connectivity index (χ3v) is 4.05. The average molecular weight is 265 g/mol. The second-order valence-electron chi connectivity index (χ2n) is 4.06. The van der Waals surface area contributed by atoms with Crippen molar-refractivity contribution in [1.29, 1.82) is 0 Å². The Morgan fingerprint density at radius 2 is 2.18 bits per heavy atom. The summed E-state index contributed by atoms with van der Waals surface area (Å²) in [6.07, 6.45) is -0.939. The molecule has 1 aliphatic rings. The van der Waals surface area contributed by atoms with E-state index in [4.69, 9.17) is 0 Å². The van der Waals surface area contributed by atoms with Gasteiger partial charge in [0.1, 0.15) is 0 Å². The highest BCUT2D eigenvalue weighted by Crippen LogP contribution is 2.10. The van der Waals surface area contributed by atoms with Gasteiger partial charge in [0.2, 0.25) is 0 Å². The van der Waals surface area contributed by atoms with Gasteiger partial charge in [0.05, 0.1) is 6.61 Å². The highest BCUT2D eigenvalue weighted by molar-refractivity contribution is 7.87. The van der Waals surface area contributed by atoms with Gasteiger partial charge in [0.15, 0.2) is 0 Å². The van der Waals surface area contributed by atoms with Crippen molar-refractivity contribution in [3.05, 3.63) is 0 Å². The third kappa shape index (κ3) is 3.83. The highest BCUT2D eigenvalue weighted by Gasteiger charge is 2.33. The Morgan fingerprint density at radius 3 is 2.76 bits per heavy atom. The van der Waals surface area contributed by atoms with Gasteiger partial charge in [-0.15, -0.1) is 0 Å². The summed E-state index contributed by atoms with van der Waals surface area (Å²) in [7, 11) is -3.82. The minimum Gasteiger partial charge on any atom is -0.449 e. The van der Waals surface area contributed by atoms with Crippen LogP contribution in [0.4, 0.5) is 4.79 Å². The van der Waals surface area contributed by atoms with E-state index >= 15 is 0 Å². The maximum Gasteiger partial charge on any atom is 0.421 e. The number of carbonyl (C=O) groups excluding carboxylic acids is 1. The van der Waals surface area contributed by atoms with Gasteiger partial charge in [-0.1, -0.05) is 0 Å². The van der Waals surface area contributed by atoms with E-state index in [2.05, 4.69) is 10.1 Å². The van der Waals surface area contributed by atoms with E-state index in [-0.39, 0.29) is 18.7 Å². The Labute approximate surface area is 102 Å². The molecular weight excluding hydrogens is 246 g/mol. The molecule has 1 saturated heterocycles. The van der Waals surface area contributed by atoms with E-state index in [9.17, 15) is 13.2 Å². The monoisotopic (exact) mass is 265 g/mol. The smallest absolute Gasteiger partial charge is 0.421 e. The fourth-order valence-electron chi connectivity index (χ4n) is 1.65. The first kappa shape index (κ1) is 14.2. The average Bonchev–Trinajstić information content (AvgIpc) is 2.21. The van der Waals surface area contributed by atoms with Crippen LogP contribution in [0.15, 0.2) is 0 Å². The largest absolute Gasteiger partial charge is 0.449 e. The SMILES string of the molecule is CCOC(=O)NS(=O)(=O)N1CC(C)NCC1C. The van der Waals surface area contributed by atoms with E-state index in [1.807, 2.05) is 11.6 Å². The minimum absolute atomic E-state index is 0.0602. The van der Waals surface area contributed by atoms with Gasteiger partial charge in [-0.2, -0.15) is 12.7 Å². The second-order valence-corrected chi connectivity index (χ2v) is 5.68. The molecule has 0 aliphatic carbocycles. The first-order valence-electron chi connectivity index (χ1n) is 5.56. The van der Waals surface area contributed by atoms with Crippen LogP contribution in [0.5, 0.6) is 0 Å². The first-order chi connectivity index (χ1) is 7.86. The van der Waals surface area contributed by atoms with E-state index in [1.54, 1.807) is 13.8 Å². The molecule has 0 saturated carbocycles. The van der Waals surface area contributed by atoms with Gasteiger partial charge in [0.25, 0.3) is 0 Å². The lowest BCUT2D eigenvalue weighted by Gasteiger charge is -2.35. The number of nitrogens with zero attached hydrogens (tertiary/aromatic N) is 1. The second kappa shape index (κ2) is 5.65. The van der Waals surface area contributed by atoms with Crippen LogP contribution in [-0.4, -0.2) is 50.6 Å². The Morgan fingerprint density at radius 1 is 1.53 bits per heavy atom. The molecule has 0 aromatic rings. The zero-order chi connectivity index (χ0) is 13.1. The van der Waals surface area contributed by atoms with Crippen LogP contribution in [0.25, 0.3) is 0 Å². The number of hydrogen-bond acceptors (Lipinski definition) is 5. The van der Waals surface area contributed by atoms with Crippen LogP contribution in [0.1, 0.15) is 20.8 Å². The molecule has 8 heteroatoms. The Kier molecular flexibility index (Phi) is 4.72. The van der Waals surface area contributed by atoms with Crippen molar-refractivity contribution in [3.8, 4) is 0 Å². The standard InChI is InChI=1S/C9H19N3O4S/c1-4-16-9(13)11-17(14,15)12-6-7(2)10-5-8(12)3/h7-8,10H,4-6H2,1-3H3,(H,11,13). The van der Waals surface area contributed by atoms with Gasteiger partial charge in [0, 0.05) is 25.2 Å². The van der Waals surface area contributed by atoms with Crippen molar-refractivity contribution in [3.63, 3.8) is 0 Å². The normalized spacial score (nSPS) is 26.5. The van der Waals surface area contributed by atoms with E-state index in [0.29, 0.717) is 13.1 Å². The van der Waals surface area contributed by atoms with Crippen LogP contribution in [0.3, 0.4) is 0 Å². The third-order valence-electron chi connectivity index (χ3n) is 2.50. The van der Waals surface area contributed by atoms with E-state index < -0.39 is 16.3 Å². The maximum absolute atomic E-state index is 11.9. The van der Waals surface area contributed by atoms with E-state index in [0.717, 1.165) is 0 Å². The molecule has 17 heavy (non-hydrogen) atoms. The predicted octanol–water partition coefficient (Wildman–Crippen LogP) is -0.340. The van der Waals surface area contributed by atoms with Gasteiger partial charge in [-0.05, 0) is 20.8 Å². The molecule has 1 aliphatic heterocycles. The van der Waals surface area contributed by atoms with Crippen LogP contribution in [-0.2, 0) is 14.9 Å². The van der Waals surface area contributed by atoms with Crippen LogP contribution >= 0.6 is 0 Å². The van der Waals surface area contributed by atoms with Gasteiger partial charge < -0.3 is 10.1 Å². The lowest BCUT2D eigenvalue weighted by Crippen LogP contribution is -2.59. The lowest BCUT2D eigenvalue weighted by molar-refractivity contribution is 0.157. The number of rotatable bonds is 3. The number of carbonyl (C=O) groups is 1. The van der Waals surface area contributed by atoms with Crippen molar-refractivity contribution < 1.29 is 17.9 Å². The van der Waals surface area contributed by atoms with Gasteiger partial charge >= 0.3 is 16.3 Å². The quantitative estimate of drug-likeness (QED) is 0.729. The highest BCUT2D eigenvalue weighted by atomic mass is 32.2. The summed E-state index contributed by atoms with van der Waals surface area (Å²) in [5.74, 6) is 0. The molecule has 0 aromatic carbocycles. The van der Waals surface area contributed by atoms with Crippen LogP contribution in [0.2, 0.25) is 0 Å². The first-order valence-corrected chi connectivity index (χ1v) is 7.00. The molecule has 2 unspecified atom stereocenters. The molecule has 100 valence electrons. The molecule has 0 spiro atoms. The van der Waals surface area contributed by atoms with Gasteiger partial charge in [-0.3, -0.25) is 0 Å². The minimum atomic E-state index is -3.82. The number of ether oxygens (including phenoxy) is 1. The summed E-state index contributed by atoms with van der Waals surface area (Å²) in [6.45, 7) is 6.30. The topological polar surface area (TPSA) is 87.7 Å². The van der Waals surface area contributed by atoms with Crippen molar-refractivity contribution in [1.82, 2.24) is 14.3 Å². The molecular formula is C9H19N3O4S. The maximum atomic E-state index is 11.9. The fourth-order valence-corrected chi connectivity index (χ4v) is 3.00. The molecule has 2 atom stereocenters. The molecule has 1 fully saturated rings. The number of piperazine rings is 1. The van der Waals surface area contributed by atoms with E-state index in [1.165, 1.54) is 4.31 Å². The molecule has 1 amide bonds.